The van der Waals surface area contributed by atoms with Crippen molar-refractivity contribution in [1.29, 1.82) is 0 Å². The largest absolute Gasteiger partial charge is 0.326 e. The van der Waals surface area contributed by atoms with Crippen LogP contribution in [0.15, 0.2) is 12.4 Å². The highest BCUT2D eigenvalue weighted by Gasteiger charge is 2.29. The molecule has 2 N–H and O–H groups in total. The Hall–Kier alpha value is -0.910. The molecule has 2 rings (SSSR count). The molecule has 1 saturated heterocycles. The second kappa shape index (κ2) is 5.62. The first-order valence-corrected chi connectivity index (χ1v) is 6.36. The lowest BCUT2D eigenvalue weighted by molar-refractivity contribution is -0.212. The number of hydrogen-bond acceptors (Lipinski definition) is 4. The number of rotatable bonds is 4. The molecule has 5 heteroatoms. The van der Waals surface area contributed by atoms with E-state index >= 15 is 0 Å². The fourth-order valence-electron chi connectivity index (χ4n) is 2.28. The van der Waals surface area contributed by atoms with E-state index in [1.54, 1.807) is 0 Å². The van der Waals surface area contributed by atoms with Crippen molar-refractivity contribution in [2.75, 3.05) is 13.2 Å². The Labute approximate surface area is 102 Å². The summed E-state index contributed by atoms with van der Waals surface area (Å²) in [6, 6.07) is 0.200. The number of aryl methyl sites for hydroxylation is 1. The fraction of sp³-hybridized carbons (Fsp3) is 0.750. The average molecular weight is 238 g/mol. The zero-order valence-electron chi connectivity index (χ0n) is 10.7. The zero-order valence-corrected chi connectivity index (χ0v) is 10.7. The molecular formula is C12H22N4O. The Balaban J connectivity index is 2.17. The molecule has 5 nitrogen and oxygen atoms in total. The van der Waals surface area contributed by atoms with E-state index in [1.807, 2.05) is 29.2 Å². The minimum atomic E-state index is 0.0808. The predicted molar refractivity (Wildman–Crippen MR) is 66.1 cm³/mol. The molecule has 1 fully saturated rings. The Morgan fingerprint density at radius 3 is 2.88 bits per heavy atom. The molecule has 1 aromatic heterocycles. The normalized spacial score (nSPS) is 21.4. The SMILES string of the molecule is CCC(N)C(c1cnn(C)c1)N1CCCCO1. The van der Waals surface area contributed by atoms with Crippen LogP contribution in [0.5, 0.6) is 0 Å². The van der Waals surface area contributed by atoms with Crippen LogP contribution in [0.3, 0.4) is 0 Å². The molecule has 0 radical (unpaired) electrons. The molecule has 0 aliphatic carbocycles. The highest BCUT2D eigenvalue weighted by Crippen LogP contribution is 2.27. The van der Waals surface area contributed by atoms with E-state index in [1.165, 1.54) is 6.42 Å². The second-order valence-electron chi connectivity index (χ2n) is 4.65. The Morgan fingerprint density at radius 1 is 1.53 bits per heavy atom. The lowest BCUT2D eigenvalue weighted by Crippen LogP contribution is -2.43. The number of aromatic nitrogens is 2. The first-order chi connectivity index (χ1) is 8.22. The zero-order chi connectivity index (χ0) is 12.3. The molecule has 0 amide bonds. The summed E-state index contributed by atoms with van der Waals surface area (Å²) in [7, 11) is 1.93. The molecule has 0 bridgehead atoms. The summed E-state index contributed by atoms with van der Waals surface area (Å²) < 4.78 is 1.81. The molecule has 2 atom stereocenters. The van der Waals surface area contributed by atoms with Crippen molar-refractivity contribution in [1.82, 2.24) is 14.8 Å². The molecule has 2 heterocycles. The maximum atomic E-state index is 6.23. The molecular weight excluding hydrogens is 216 g/mol. The van der Waals surface area contributed by atoms with E-state index in [-0.39, 0.29) is 12.1 Å². The molecule has 0 aromatic carbocycles. The standard InChI is InChI=1S/C12H22N4O/c1-3-11(13)12(10-8-14-15(2)9-10)16-6-4-5-7-17-16/h8-9,11-12H,3-7,13H2,1-2H3. The summed E-state index contributed by atoms with van der Waals surface area (Å²) in [6.45, 7) is 3.86. The minimum Gasteiger partial charge on any atom is -0.326 e. The van der Waals surface area contributed by atoms with Crippen LogP contribution in [0.4, 0.5) is 0 Å². The van der Waals surface area contributed by atoms with Crippen molar-refractivity contribution in [3.8, 4) is 0 Å². The molecule has 0 saturated carbocycles. The molecule has 1 aromatic rings. The maximum absolute atomic E-state index is 6.23. The maximum Gasteiger partial charge on any atom is 0.0783 e. The van der Waals surface area contributed by atoms with Crippen LogP contribution in [0, 0.1) is 0 Å². The molecule has 1 aliphatic rings. The fourth-order valence-corrected chi connectivity index (χ4v) is 2.28. The van der Waals surface area contributed by atoms with Gasteiger partial charge in [0.2, 0.25) is 0 Å². The van der Waals surface area contributed by atoms with Gasteiger partial charge in [0.25, 0.3) is 0 Å². The van der Waals surface area contributed by atoms with Crippen LogP contribution in [0.1, 0.15) is 37.8 Å². The highest BCUT2D eigenvalue weighted by atomic mass is 16.7. The van der Waals surface area contributed by atoms with Crippen molar-refractivity contribution < 1.29 is 4.84 Å². The summed E-state index contributed by atoms with van der Waals surface area (Å²) in [5.74, 6) is 0. The lowest BCUT2D eigenvalue weighted by Gasteiger charge is -2.36. The van der Waals surface area contributed by atoms with E-state index in [2.05, 4.69) is 12.0 Å². The Bertz CT molecular complexity index is 346. The third-order valence-electron chi connectivity index (χ3n) is 3.28. The van der Waals surface area contributed by atoms with Gasteiger partial charge in [0.15, 0.2) is 0 Å². The van der Waals surface area contributed by atoms with Crippen LogP contribution in [0.2, 0.25) is 0 Å². The van der Waals surface area contributed by atoms with E-state index < -0.39 is 0 Å². The highest BCUT2D eigenvalue weighted by molar-refractivity contribution is 5.12. The van der Waals surface area contributed by atoms with Crippen LogP contribution < -0.4 is 5.73 Å². The van der Waals surface area contributed by atoms with Gasteiger partial charge in [0.1, 0.15) is 0 Å². The molecule has 2 unspecified atom stereocenters. The summed E-state index contributed by atoms with van der Waals surface area (Å²) in [5.41, 5.74) is 7.37. The number of nitrogens with zero attached hydrogens (tertiary/aromatic N) is 3. The molecule has 1 aliphatic heterocycles. The third kappa shape index (κ3) is 2.86. The van der Waals surface area contributed by atoms with Crippen LogP contribution in [0.25, 0.3) is 0 Å². The summed E-state index contributed by atoms with van der Waals surface area (Å²) >= 11 is 0. The van der Waals surface area contributed by atoms with Gasteiger partial charge >= 0.3 is 0 Å². The number of hydrogen-bond donors (Lipinski definition) is 1. The van der Waals surface area contributed by atoms with Crippen molar-refractivity contribution >= 4 is 0 Å². The molecule has 96 valence electrons. The van der Waals surface area contributed by atoms with Gasteiger partial charge in [0, 0.05) is 31.4 Å². The van der Waals surface area contributed by atoms with E-state index in [0.29, 0.717) is 0 Å². The van der Waals surface area contributed by atoms with Gasteiger partial charge in [-0.2, -0.15) is 10.2 Å². The molecule has 17 heavy (non-hydrogen) atoms. The Morgan fingerprint density at radius 2 is 2.35 bits per heavy atom. The monoisotopic (exact) mass is 238 g/mol. The topological polar surface area (TPSA) is 56.3 Å². The van der Waals surface area contributed by atoms with Crippen molar-refractivity contribution in [3.05, 3.63) is 18.0 Å². The van der Waals surface area contributed by atoms with Crippen LogP contribution in [-0.4, -0.2) is 34.0 Å². The van der Waals surface area contributed by atoms with Crippen LogP contribution >= 0.6 is 0 Å². The predicted octanol–water partition coefficient (Wildman–Crippen LogP) is 1.23. The number of nitrogens with two attached hydrogens (primary N) is 1. The van der Waals surface area contributed by atoms with Gasteiger partial charge in [-0.3, -0.25) is 9.52 Å². The van der Waals surface area contributed by atoms with E-state index in [0.717, 1.165) is 31.6 Å². The van der Waals surface area contributed by atoms with Crippen molar-refractivity contribution in [3.63, 3.8) is 0 Å². The summed E-state index contributed by atoms with van der Waals surface area (Å²) in [5, 5.41) is 6.26. The van der Waals surface area contributed by atoms with Gasteiger partial charge in [-0.05, 0) is 19.3 Å². The Kier molecular flexibility index (Phi) is 4.15. The minimum absolute atomic E-state index is 0.0808. The van der Waals surface area contributed by atoms with Gasteiger partial charge in [-0.1, -0.05) is 6.92 Å². The summed E-state index contributed by atoms with van der Waals surface area (Å²) in [4.78, 5) is 5.74. The first kappa shape index (κ1) is 12.5. The smallest absolute Gasteiger partial charge is 0.0783 e. The van der Waals surface area contributed by atoms with Gasteiger partial charge in [0.05, 0.1) is 18.8 Å². The van der Waals surface area contributed by atoms with E-state index in [9.17, 15) is 0 Å². The van der Waals surface area contributed by atoms with Crippen LogP contribution in [-0.2, 0) is 11.9 Å². The quantitative estimate of drug-likeness (QED) is 0.857. The van der Waals surface area contributed by atoms with E-state index in [4.69, 9.17) is 10.6 Å². The average Bonchev–Trinajstić information content (AvgIpc) is 2.77. The third-order valence-corrected chi connectivity index (χ3v) is 3.28. The molecule has 0 spiro atoms. The van der Waals surface area contributed by atoms with Crippen molar-refractivity contribution in [2.24, 2.45) is 12.8 Å². The van der Waals surface area contributed by atoms with Crippen molar-refractivity contribution in [2.45, 2.75) is 38.3 Å². The van der Waals surface area contributed by atoms with Gasteiger partial charge in [-0.15, -0.1) is 0 Å². The van der Waals surface area contributed by atoms with Gasteiger partial charge in [-0.25, -0.2) is 0 Å². The lowest BCUT2D eigenvalue weighted by atomic mass is 10.00. The first-order valence-electron chi connectivity index (χ1n) is 6.36. The van der Waals surface area contributed by atoms with Gasteiger partial charge < -0.3 is 5.73 Å². The number of hydroxylamine groups is 2. The summed E-state index contributed by atoms with van der Waals surface area (Å²) in [6.07, 6.45) is 7.15. The second-order valence-corrected chi connectivity index (χ2v) is 4.65.